The molecule has 1 aromatic rings. The number of hydrogen-bond donors (Lipinski definition) is 2. The van der Waals surface area contributed by atoms with E-state index in [0.29, 0.717) is 0 Å². The second-order valence-corrected chi connectivity index (χ2v) is 1.77. The van der Waals surface area contributed by atoms with Gasteiger partial charge in [-0.15, -0.1) is 13.2 Å². The van der Waals surface area contributed by atoms with Crippen LogP contribution in [0.15, 0.2) is 29.9 Å². The summed E-state index contributed by atoms with van der Waals surface area (Å²) in [4.78, 5) is 20.5. The third-order valence-electron chi connectivity index (χ3n) is 1.09. The van der Waals surface area contributed by atoms with Crippen LogP contribution in [0, 0.1) is 0 Å². The summed E-state index contributed by atoms with van der Waals surface area (Å²) in [7, 11) is 0. The van der Waals surface area contributed by atoms with Gasteiger partial charge in [0.25, 0.3) is 0 Å². The average molecular weight is 184 g/mol. The first-order valence-electron chi connectivity index (χ1n) is 3.17. The van der Waals surface area contributed by atoms with Crippen LogP contribution in [-0.2, 0) is 0 Å². The minimum absolute atomic E-state index is 0.336. The van der Waals surface area contributed by atoms with Gasteiger partial charge in [0.15, 0.2) is 0 Å². The van der Waals surface area contributed by atoms with Gasteiger partial charge in [-0.1, -0.05) is 0 Å². The zero-order valence-electron chi connectivity index (χ0n) is 6.69. The minimum atomic E-state index is -1.38. The number of furan rings is 1. The van der Waals surface area contributed by atoms with E-state index in [2.05, 4.69) is 17.6 Å². The van der Waals surface area contributed by atoms with Crippen LogP contribution in [0.25, 0.3) is 0 Å². The molecule has 0 fully saturated rings. The largest absolute Gasteiger partial charge is 0.478 e. The molecule has 5 nitrogen and oxygen atoms in total. The van der Waals surface area contributed by atoms with Crippen LogP contribution < -0.4 is 0 Å². The normalized spacial score (nSPS) is 8.31. The Morgan fingerprint density at radius 1 is 1.23 bits per heavy atom. The summed E-state index contributed by atoms with van der Waals surface area (Å²) >= 11 is 0. The molecule has 0 radical (unpaired) electrons. The standard InChI is InChI=1S/C6H4O5.C2H4/c7-5(8)3-1-2-11-4(3)6(9)10;1-2/h1-2H,(H,7,8)(H,9,10);1-2H2. The molecule has 0 amide bonds. The quantitative estimate of drug-likeness (QED) is 0.679. The smallest absolute Gasteiger partial charge is 0.372 e. The van der Waals surface area contributed by atoms with Gasteiger partial charge in [0.1, 0.15) is 5.56 Å². The topological polar surface area (TPSA) is 87.7 Å². The van der Waals surface area contributed by atoms with Crippen molar-refractivity contribution in [3.05, 3.63) is 36.8 Å². The van der Waals surface area contributed by atoms with Crippen LogP contribution in [0.4, 0.5) is 0 Å². The Morgan fingerprint density at radius 2 is 1.77 bits per heavy atom. The van der Waals surface area contributed by atoms with Gasteiger partial charge in [0.2, 0.25) is 5.76 Å². The molecular weight excluding hydrogens is 176 g/mol. The maximum Gasteiger partial charge on any atom is 0.372 e. The predicted molar refractivity (Wildman–Crippen MR) is 43.9 cm³/mol. The molecule has 0 aliphatic rings. The fourth-order valence-electron chi connectivity index (χ4n) is 0.643. The molecule has 0 aliphatic heterocycles. The summed E-state index contributed by atoms with van der Waals surface area (Å²) in [5.74, 6) is -3.24. The molecular formula is C8H8O5. The summed E-state index contributed by atoms with van der Waals surface area (Å²) < 4.78 is 4.41. The number of aromatic carboxylic acids is 2. The molecule has 13 heavy (non-hydrogen) atoms. The highest BCUT2D eigenvalue weighted by molar-refractivity contribution is 5.99. The summed E-state index contributed by atoms with van der Waals surface area (Å²) in [6.45, 7) is 6.00. The molecule has 70 valence electrons. The first kappa shape index (κ1) is 11.0. The highest BCUT2D eigenvalue weighted by atomic mass is 16.4. The monoisotopic (exact) mass is 184 g/mol. The van der Waals surface area contributed by atoms with Gasteiger partial charge < -0.3 is 14.6 Å². The zero-order chi connectivity index (χ0) is 10.4. The second kappa shape index (κ2) is 4.76. The summed E-state index contributed by atoms with van der Waals surface area (Å²) in [6.07, 6.45) is 1.02. The molecule has 0 bridgehead atoms. The number of carboxylic acids is 2. The van der Waals surface area contributed by atoms with Crippen LogP contribution in [0.2, 0.25) is 0 Å². The molecule has 0 aromatic carbocycles. The lowest BCUT2D eigenvalue weighted by molar-refractivity contribution is 0.0626. The molecule has 0 atom stereocenters. The third kappa shape index (κ3) is 2.48. The van der Waals surface area contributed by atoms with Crippen molar-refractivity contribution in [1.29, 1.82) is 0 Å². The molecule has 1 aromatic heterocycles. The van der Waals surface area contributed by atoms with Crippen LogP contribution >= 0.6 is 0 Å². The average Bonchev–Trinajstić information content (AvgIpc) is 2.55. The van der Waals surface area contributed by atoms with E-state index in [0.717, 1.165) is 12.3 Å². The predicted octanol–water partition coefficient (Wildman–Crippen LogP) is 1.48. The van der Waals surface area contributed by atoms with Gasteiger partial charge in [-0.25, -0.2) is 9.59 Å². The second-order valence-electron chi connectivity index (χ2n) is 1.77. The first-order valence-corrected chi connectivity index (χ1v) is 3.17. The van der Waals surface area contributed by atoms with E-state index in [-0.39, 0.29) is 5.56 Å². The van der Waals surface area contributed by atoms with Crippen molar-refractivity contribution >= 4 is 11.9 Å². The van der Waals surface area contributed by atoms with Crippen LogP contribution in [0.3, 0.4) is 0 Å². The maximum atomic E-state index is 10.3. The highest BCUT2D eigenvalue weighted by Gasteiger charge is 2.18. The van der Waals surface area contributed by atoms with Crippen molar-refractivity contribution in [2.45, 2.75) is 0 Å². The fraction of sp³-hybridized carbons (Fsp3) is 0. The van der Waals surface area contributed by atoms with Gasteiger partial charge in [-0.05, 0) is 6.07 Å². The van der Waals surface area contributed by atoms with E-state index in [9.17, 15) is 9.59 Å². The van der Waals surface area contributed by atoms with Gasteiger partial charge in [0, 0.05) is 0 Å². The van der Waals surface area contributed by atoms with Gasteiger partial charge in [-0.2, -0.15) is 0 Å². The lowest BCUT2D eigenvalue weighted by atomic mass is 10.2. The van der Waals surface area contributed by atoms with Crippen molar-refractivity contribution in [3.8, 4) is 0 Å². The summed E-state index contributed by atoms with van der Waals surface area (Å²) in [6, 6.07) is 1.09. The molecule has 0 aliphatic carbocycles. The van der Waals surface area contributed by atoms with E-state index in [1.54, 1.807) is 0 Å². The highest BCUT2D eigenvalue weighted by Crippen LogP contribution is 2.09. The van der Waals surface area contributed by atoms with E-state index < -0.39 is 17.7 Å². The van der Waals surface area contributed by atoms with E-state index in [1.807, 2.05) is 0 Å². The van der Waals surface area contributed by atoms with Gasteiger partial charge in [0.05, 0.1) is 6.26 Å². The van der Waals surface area contributed by atoms with Crippen molar-refractivity contribution in [2.75, 3.05) is 0 Å². The van der Waals surface area contributed by atoms with Crippen LogP contribution in [0.1, 0.15) is 20.9 Å². The molecule has 0 spiro atoms. The molecule has 1 rings (SSSR count). The van der Waals surface area contributed by atoms with Crippen molar-refractivity contribution in [3.63, 3.8) is 0 Å². The third-order valence-corrected chi connectivity index (χ3v) is 1.09. The van der Waals surface area contributed by atoms with Crippen molar-refractivity contribution in [2.24, 2.45) is 0 Å². The number of carbonyl (C=O) groups is 2. The Bertz CT molecular complexity index is 284. The van der Waals surface area contributed by atoms with Crippen molar-refractivity contribution in [1.82, 2.24) is 0 Å². The molecule has 2 N–H and O–H groups in total. The number of rotatable bonds is 2. The summed E-state index contributed by atoms with van der Waals surface area (Å²) in [5.41, 5.74) is -0.336. The Hall–Kier alpha value is -2.04. The first-order chi connectivity index (χ1) is 6.13. The van der Waals surface area contributed by atoms with Crippen molar-refractivity contribution < 1.29 is 24.2 Å². The SMILES string of the molecule is C=C.O=C(O)c1ccoc1C(=O)O. The van der Waals surface area contributed by atoms with E-state index in [4.69, 9.17) is 10.2 Å². The van der Waals surface area contributed by atoms with Gasteiger partial charge >= 0.3 is 11.9 Å². The van der Waals surface area contributed by atoms with Gasteiger partial charge in [-0.3, -0.25) is 0 Å². The Kier molecular flexibility index (Phi) is 4.01. The molecule has 0 saturated heterocycles. The Morgan fingerprint density at radius 3 is 2.08 bits per heavy atom. The molecule has 5 heteroatoms. The Balaban J connectivity index is 0.000000671. The van der Waals surface area contributed by atoms with E-state index in [1.165, 1.54) is 0 Å². The summed E-state index contributed by atoms with van der Waals surface area (Å²) in [5, 5.41) is 16.7. The lowest BCUT2D eigenvalue weighted by Gasteiger charge is -1.88. The molecule has 0 unspecified atom stereocenters. The number of carboxylic acid groups (broad SMARTS) is 2. The molecule has 1 heterocycles. The van der Waals surface area contributed by atoms with Crippen LogP contribution in [0.5, 0.6) is 0 Å². The minimum Gasteiger partial charge on any atom is -0.478 e. The molecule has 0 saturated carbocycles. The zero-order valence-corrected chi connectivity index (χ0v) is 6.69. The van der Waals surface area contributed by atoms with E-state index >= 15 is 0 Å². The van der Waals surface area contributed by atoms with Crippen LogP contribution in [-0.4, -0.2) is 22.2 Å². The maximum absolute atomic E-state index is 10.3. The number of hydrogen-bond acceptors (Lipinski definition) is 3. The fourth-order valence-corrected chi connectivity index (χ4v) is 0.643. The Labute approximate surface area is 73.9 Å². The lowest BCUT2D eigenvalue weighted by Crippen LogP contribution is -2.03.